The van der Waals surface area contributed by atoms with Gasteiger partial charge in [0, 0.05) is 55.4 Å². The number of rotatable bonds is 7. The first kappa shape index (κ1) is 24.3. The molecular weight excluding hydrogens is 468 g/mol. The number of benzene rings is 3. The molecule has 0 spiro atoms. The first-order chi connectivity index (χ1) is 17.6. The van der Waals surface area contributed by atoms with Gasteiger partial charge in [-0.2, -0.15) is 0 Å². The number of anilines is 2. The Labute approximate surface area is 217 Å². The maximum atomic E-state index is 13.1. The number of amides is 1. The van der Waals surface area contributed by atoms with E-state index in [1.165, 1.54) is 5.56 Å². The van der Waals surface area contributed by atoms with Gasteiger partial charge in [-0.25, -0.2) is 0 Å². The van der Waals surface area contributed by atoms with E-state index in [0.29, 0.717) is 18.7 Å². The highest BCUT2D eigenvalue weighted by Gasteiger charge is 2.22. The number of fused-ring (bicyclic) bond motifs is 1. The smallest absolute Gasteiger partial charge is 0.253 e. The van der Waals surface area contributed by atoms with Crippen molar-refractivity contribution < 1.29 is 9.53 Å². The van der Waals surface area contributed by atoms with Crippen LogP contribution in [0.25, 0.3) is 0 Å². The number of piperazine rings is 1. The molecule has 1 saturated heterocycles. The number of hydrogen-bond donors (Lipinski definition) is 1. The van der Waals surface area contributed by atoms with E-state index in [4.69, 9.17) is 4.74 Å². The van der Waals surface area contributed by atoms with Gasteiger partial charge in [0.25, 0.3) is 5.91 Å². The predicted molar refractivity (Wildman–Crippen MR) is 149 cm³/mol. The third-order valence-corrected chi connectivity index (χ3v) is 7.26. The molecule has 0 atom stereocenters. The molecule has 1 N–H and O–H groups in total. The predicted octanol–water partition coefficient (Wildman–Crippen LogP) is 6.20. The Bertz CT molecular complexity index is 1230. The minimum absolute atomic E-state index is 0.0808. The van der Waals surface area contributed by atoms with Gasteiger partial charge in [0.05, 0.1) is 16.7 Å². The molecule has 2 heterocycles. The lowest BCUT2D eigenvalue weighted by atomic mass is 10.1. The molecule has 1 amide bonds. The van der Waals surface area contributed by atoms with Gasteiger partial charge in [-0.05, 0) is 86.7 Å². The van der Waals surface area contributed by atoms with Crippen LogP contribution >= 0.6 is 11.9 Å². The molecule has 5 rings (SSSR count). The Balaban J connectivity index is 1.15. The molecule has 3 aromatic rings. The number of carbonyl (C=O) groups excluding carboxylic acids is 1. The molecule has 0 saturated carbocycles. The largest absolute Gasteiger partial charge is 0.491 e. The molecule has 6 nitrogen and oxygen atoms in total. The van der Waals surface area contributed by atoms with Crippen molar-refractivity contribution in [3.05, 3.63) is 77.9 Å². The standard InChI is InChI=1S/C29H32N4O2S/c1-21(2)35-26-9-4-8-25(20-26)32-16-18-33(19-17-32)29(34)23-11-13-24(14-12-23)31-36-27-10-3-6-22-7-5-15-30-28(22)27/h3-4,6,8-15,20-21,31H,5,7,16-19H2,1-2H3. The zero-order valence-corrected chi connectivity index (χ0v) is 21.6. The third-order valence-electron chi connectivity index (χ3n) is 6.38. The summed E-state index contributed by atoms with van der Waals surface area (Å²) in [5, 5.41) is 0. The van der Waals surface area contributed by atoms with E-state index in [0.717, 1.165) is 53.6 Å². The molecular formula is C29H32N4O2S. The van der Waals surface area contributed by atoms with Crippen LogP contribution in [0.3, 0.4) is 0 Å². The van der Waals surface area contributed by atoms with Crippen molar-refractivity contribution in [3.63, 3.8) is 0 Å². The first-order valence-corrected chi connectivity index (χ1v) is 13.4. The average Bonchev–Trinajstić information content (AvgIpc) is 2.92. The maximum absolute atomic E-state index is 13.1. The van der Waals surface area contributed by atoms with Gasteiger partial charge in [0.1, 0.15) is 5.75 Å². The van der Waals surface area contributed by atoms with Crippen LogP contribution < -0.4 is 14.4 Å². The number of hydrogen-bond acceptors (Lipinski definition) is 6. The minimum atomic E-state index is 0.0808. The summed E-state index contributed by atoms with van der Waals surface area (Å²) in [5.41, 5.74) is 5.17. The number of ether oxygens (including phenoxy) is 1. The zero-order chi connectivity index (χ0) is 24.9. The van der Waals surface area contributed by atoms with Gasteiger partial charge in [0.15, 0.2) is 0 Å². The van der Waals surface area contributed by atoms with Gasteiger partial charge >= 0.3 is 0 Å². The van der Waals surface area contributed by atoms with Crippen LogP contribution in [0, 0.1) is 0 Å². The van der Waals surface area contributed by atoms with E-state index < -0.39 is 0 Å². The molecule has 2 aliphatic rings. The number of nitrogens with one attached hydrogen (secondary N) is 1. The van der Waals surface area contributed by atoms with Gasteiger partial charge in [-0.1, -0.05) is 18.2 Å². The first-order valence-electron chi connectivity index (χ1n) is 12.5. The van der Waals surface area contributed by atoms with E-state index in [1.807, 2.05) is 61.4 Å². The van der Waals surface area contributed by atoms with E-state index in [9.17, 15) is 4.79 Å². The SMILES string of the molecule is CC(C)Oc1cccc(N2CCN(C(=O)c3ccc(NSc4cccc5c4N=CCC5)cc3)CC2)c1. The Kier molecular flexibility index (Phi) is 7.47. The Morgan fingerprint density at radius 2 is 1.78 bits per heavy atom. The quantitative estimate of drug-likeness (QED) is 0.391. The summed E-state index contributed by atoms with van der Waals surface area (Å²) in [7, 11) is 0. The van der Waals surface area contributed by atoms with Crippen molar-refractivity contribution >= 4 is 41.1 Å². The lowest BCUT2D eigenvalue weighted by Gasteiger charge is -2.36. The molecule has 0 aliphatic carbocycles. The number of aryl methyl sites for hydroxylation is 1. The van der Waals surface area contributed by atoms with Crippen molar-refractivity contribution in [1.82, 2.24) is 4.90 Å². The monoisotopic (exact) mass is 500 g/mol. The summed E-state index contributed by atoms with van der Waals surface area (Å²) in [6.07, 6.45) is 4.18. The Morgan fingerprint density at radius 1 is 1.00 bits per heavy atom. The van der Waals surface area contributed by atoms with Crippen LogP contribution in [0.5, 0.6) is 5.75 Å². The van der Waals surface area contributed by atoms with Crippen LogP contribution in [0.15, 0.2) is 76.6 Å². The summed E-state index contributed by atoms with van der Waals surface area (Å²) < 4.78 is 9.23. The van der Waals surface area contributed by atoms with Crippen molar-refractivity contribution in [2.45, 2.75) is 37.7 Å². The second-order valence-electron chi connectivity index (χ2n) is 9.34. The van der Waals surface area contributed by atoms with Crippen LogP contribution in [0.2, 0.25) is 0 Å². The van der Waals surface area contributed by atoms with Gasteiger partial charge in [-0.3, -0.25) is 9.79 Å². The van der Waals surface area contributed by atoms with Gasteiger partial charge in [0.2, 0.25) is 0 Å². The van der Waals surface area contributed by atoms with Crippen LogP contribution in [-0.4, -0.2) is 49.3 Å². The molecule has 186 valence electrons. The molecule has 0 aromatic heterocycles. The van der Waals surface area contributed by atoms with E-state index in [-0.39, 0.29) is 12.0 Å². The number of carbonyl (C=O) groups is 1. The highest BCUT2D eigenvalue weighted by Crippen LogP contribution is 2.35. The fourth-order valence-corrected chi connectivity index (χ4v) is 5.34. The number of aliphatic imine (C=N–C) groups is 1. The molecule has 0 radical (unpaired) electrons. The zero-order valence-electron chi connectivity index (χ0n) is 20.8. The van der Waals surface area contributed by atoms with E-state index in [2.05, 4.69) is 44.9 Å². The van der Waals surface area contributed by atoms with Crippen molar-refractivity contribution in [3.8, 4) is 5.75 Å². The second-order valence-corrected chi connectivity index (χ2v) is 10.2. The fourth-order valence-electron chi connectivity index (χ4n) is 4.55. The average molecular weight is 501 g/mol. The van der Waals surface area contributed by atoms with E-state index in [1.54, 1.807) is 11.9 Å². The normalized spacial score (nSPS) is 15.1. The fraction of sp³-hybridized carbons (Fsp3) is 0.310. The van der Waals surface area contributed by atoms with Crippen molar-refractivity contribution in [1.29, 1.82) is 0 Å². The summed E-state index contributed by atoms with van der Waals surface area (Å²) >= 11 is 1.56. The molecule has 3 aromatic carbocycles. The van der Waals surface area contributed by atoms with Gasteiger partial charge < -0.3 is 19.3 Å². The lowest BCUT2D eigenvalue weighted by molar-refractivity contribution is 0.0746. The molecule has 0 unspecified atom stereocenters. The topological polar surface area (TPSA) is 57.2 Å². The molecule has 36 heavy (non-hydrogen) atoms. The summed E-state index contributed by atoms with van der Waals surface area (Å²) in [4.78, 5) is 23.1. The molecule has 2 aliphatic heterocycles. The van der Waals surface area contributed by atoms with Crippen LogP contribution in [0.1, 0.15) is 36.2 Å². The molecule has 0 bridgehead atoms. The number of nitrogens with zero attached hydrogens (tertiary/aromatic N) is 3. The maximum Gasteiger partial charge on any atom is 0.253 e. The summed E-state index contributed by atoms with van der Waals surface area (Å²) in [6, 6.07) is 22.3. The summed E-state index contributed by atoms with van der Waals surface area (Å²) in [5.74, 6) is 0.963. The highest BCUT2D eigenvalue weighted by molar-refractivity contribution is 8.00. The number of para-hydroxylation sites is 1. The highest BCUT2D eigenvalue weighted by atomic mass is 32.2. The Morgan fingerprint density at radius 3 is 2.56 bits per heavy atom. The molecule has 1 fully saturated rings. The summed E-state index contributed by atoms with van der Waals surface area (Å²) in [6.45, 7) is 7.06. The van der Waals surface area contributed by atoms with Crippen molar-refractivity contribution in [2.24, 2.45) is 4.99 Å². The van der Waals surface area contributed by atoms with Gasteiger partial charge in [-0.15, -0.1) is 0 Å². The molecule has 7 heteroatoms. The third kappa shape index (κ3) is 5.68. The second kappa shape index (κ2) is 11.1. The van der Waals surface area contributed by atoms with Crippen molar-refractivity contribution in [2.75, 3.05) is 35.8 Å². The lowest BCUT2D eigenvalue weighted by Crippen LogP contribution is -2.48. The Hall–Kier alpha value is -3.45. The van der Waals surface area contributed by atoms with Crippen LogP contribution in [-0.2, 0) is 6.42 Å². The minimum Gasteiger partial charge on any atom is -0.491 e. The van der Waals surface area contributed by atoms with Crippen LogP contribution in [0.4, 0.5) is 17.1 Å². The van der Waals surface area contributed by atoms with E-state index >= 15 is 0 Å².